The first-order chi connectivity index (χ1) is 9.02. The lowest BCUT2D eigenvalue weighted by Crippen LogP contribution is -2.11. The molecule has 4 N–H and O–H groups in total. The van der Waals surface area contributed by atoms with Crippen LogP contribution in [0.15, 0.2) is 0 Å². The van der Waals surface area contributed by atoms with Crippen LogP contribution < -0.4 is 11.1 Å². The Bertz CT molecular complexity index is 621. The van der Waals surface area contributed by atoms with Crippen LogP contribution in [0.4, 0.5) is 11.4 Å². The molecule has 2 rings (SSSR count). The van der Waals surface area contributed by atoms with E-state index in [1.807, 2.05) is 13.8 Å². The number of nitrogens with two attached hydrogens (primary N) is 1. The quantitative estimate of drug-likeness (QED) is 0.676. The van der Waals surface area contributed by atoms with Crippen molar-refractivity contribution in [2.75, 3.05) is 17.6 Å². The van der Waals surface area contributed by atoms with E-state index in [-0.39, 0.29) is 6.42 Å². The summed E-state index contributed by atoms with van der Waals surface area (Å²) in [5.41, 5.74) is 9.63. The van der Waals surface area contributed by atoms with Crippen LogP contribution in [0.1, 0.15) is 24.1 Å². The van der Waals surface area contributed by atoms with Gasteiger partial charge in [0.15, 0.2) is 0 Å². The molecule has 19 heavy (non-hydrogen) atoms. The van der Waals surface area contributed by atoms with Crippen LogP contribution in [-0.2, 0) is 4.79 Å². The molecule has 102 valence electrons. The summed E-state index contributed by atoms with van der Waals surface area (Å²) < 4.78 is 1.59. The number of carbonyl (C=O) groups is 1. The summed E-state index contributed by atoms with van der Waals surface area (Å²) in [7, 11) is 0. The predicted octanol–water partition coefficient (Wildman–Crippen LogP) is 0.600. The maximum absolute atomic E-state index is 10.5. The first-order valence-corrected chi connectivity index (χ1v) is 5.94. The minimum atomic E-state index is -0.806. The average Bonchev–Trinajstić information content (AvgIpc) is 2.84. The number of nitrogens with zero attached hydrogens (tertiary/aromatic N) is 4. The lowest BCUT2D eigenvalue weighted by Gasteiger charge is -2.14. The Hall–Kier alpha value is -2.38. The molecular weight excluding hydrogens is 248 g/mol. The number of carboxylic acids is 1. The Morgan fingerprint density at radius 3 is 2.89 bits per heavy atom. The zero-order chi connectivity index (χ0) is 14.0. The third-order valence-electron chi connectivity index (χ3n) is 3.08. The van der Waals surface area contributed by atoms with Crippen molar-refractivity contribution in [2.45, 2.75) is 26.7 Å². The van der Waals surface area contributed by atoms with Gasteiger partial charge in [-0.25, -0.2) is 0 Å². The van der Waals surface area contributed by atoms with Gasteiger partial charge in [0.25, 0.3) is 0 Å². The zero-order valence-electron chi connectivity index (χ0n) is 10.8. The number of hydrogen-bond acceptors (Lipinski definition) is 6. The molecule has 0 radical (unpaired) electrons. The van der Waals surface area contributed by atoms with Gasteiger partial charge in [0.1, 0.15) is 5.69 Å². The summed E-state index contributed by atoms with van der Waals surface area (Å²) in [6.45, 7) is 4.36. The summed E-state index contributed by atoms with van der Waals surface area (Å²) in [6.07, 6.45) is 0.656. The van der Waals surface area contributed by atoms with Crippen LogP contribution in [0.25, 0.3) is 5.65 Å². The number of hydrogen-bond donors (Lipinski definition) is 3. The van der Waals surface area contributed by atoms with Crippen LogP contribution in [0.3, 0.4) is 0 Å². The van der Waals surface area contributed by atoms with Crippen LogP contribution >= 0.6 is 0 Å². The van der Waals surface area contributed by atoms with E-state index in [0.29, 0.717) is 24.3 Å². The topological polar surface area (TPSA) is 118 Å². The van der Waals surface area contributed by atoms with Crippen molar-refractivity contribution in [3.05, 3.63) is 11.3 Å². The summed E-state index contributed by atoms with van der Waals surface area (Å²) >= 11 is 0. The Morgan fingerprint density at radius 1 is 1.47 bits per heavy atom. The van der Waals surface area contributed by atoms with E-state index in [0.717, 1.165) is 16.9 Å². The molecule has 0 atom stereocenters. The van der Waals surface area contributed by atoms with Crippen LogP contribution in [0.5, 0.6) is 0 Å². The average molecular weight is 264 g/mol. The standard InChI is InChI=1S/C11H16N6O2/c1-6-7(2)17-11(14-15-16-17)9(12)10(6)13-5-3-4-8(18)19/h13H,3-5,12H2,1-2H3,(H,18,19). The van der Waals surface area contributed by atoms with Crippen molar-refractivity contribution in [1.29, 1.82) is 0 Å². The summed E-state index contributed by atoms with van der Waals surface area (Å²) in [4.78, 5) is 10.5. The van der Waals surface area contributed by atoms with E-state index >= 15 is 0 Å². The SMILES string of the molecule is Cc1c(NCCCC(=O)O)c(N)c2nnnn2c1C. The van der Waals surface area contributed by atoms with Crippen LogP contribution in [0.2, 0.25) is 0 Å². The van der Waals surface area contributed by atoms with E-state index in [1.54, 1.807) is 4.52 Å². The molecule has 0 unspecified atom stereocenters. The second-order valence-electron chi connectivity index (χ2n) is 4.34. The number of nitrogens with one attached hydrogen (secondary N) is 1. The van der Waals surface area contributed by atoms with E-state index in [1.165, 1.54) is 0 Å². The van der Waals surface area contributed by atoms with Gasteiger partial charge >= 0.3 is 5.97 Å². The van der Waals surface area contributed by atoms with Crippen molar-refractivity contribution in [2.24, 2.45) is 0 Å². The van der Waals surface area contributed by atoms with Crippen molar-refractivity contribution in [1.82, 2.24) is 20.0 Å². The summed E-state index contributed by atoms with van der Waals surface area (Å²) in [5, 5.41) is 23.1. The van der Waals surface area contributed by atoms with Gasteiger partial charge in [0.2, 0.25) is 5.65 Å². The lowest BCUT2D eigenvalue weighted by molar-refractivity contribution is -0.137. The highest BCUT2D eigenvalue weighted by molar-refractivity contribution is 5.82. The fraction of sp³-hybridized carbons (Fsp3) is 0.455. The Morgan fingerprint density at radius 2 is 2.21 bits per heavy atom. The highest BCUT2D eigenvalue weighted by Gasteiger charge is 2.14. The molecule has 0 saturated heterocycles. The number of nitrogen functional groups attached to an aromatic ring is 1. The van der Waals surface area contributed by atoms with Gasteiger partial charge in [-0.1, -0.05) is 0 Å². The molecule has 0 aromatic carbocycles. The molecule has 2 heterocycles. The number of anilines is 2. The molecule has 2 aromatic rings. The molecule has 0 fully saturated rings. The van der Waals surface area contributed by atoms with Crippen molar-refractivity contribution in [3.63, 3.8) is 0 Å². The summed E-state index contributed by atoms with van der Waals surface area (Å²) in [5.74, 6) is -0.806. The molecule has 2 aromatic heterocycles. The molecule has 8 nitrogen and oxygen atoms in total. The maximum Gasteiger partial charge on any atom is 0.303 e. The third-order valence-corrected chi connectivity index (χ3v) is 3.08. The molecule has 0 aliphatic rings. The predicted molar refractivity (Wildman–Crippen MR) is 70.0 cm³/mol. The fourth-order valence-corrected chi connectivity index (χ4v) is 1.92. The van der Waals surface area contributed by atoms with Crippen LogP contribution in [0, 0.1) is 13.8 Å². The largest absolute Gasteiger partial charge is 0.481 e. The van der Waals surface area contributed by atoms with E-state index in [4.69, 9.17) is 10.8 Å². The summed E-state index contributed by atoms with van der Waals surface area (Å²) in [6, 6.07) is 0. The second kappa shape index (κ2) is 5.09. The molecule has 0 saturated carbocycles. The second-order valence-corrected chi connectivity index (χ2v) is 4.34. The monoisotopic (exact) mass is 264 g/mol. The van der Waals surface area contributed by atoms with Gasteiger partial charge in [-0.15, -0.1) is 5.10 Å². The number of tetrazole rings is 1. The Labute approximate surface area is 109 Å². The molecule has 0 aliphatic carbocycles. The number of fused-ring (bicyclic) bond motifs is 1. The number of aliphatic carboxylic acids is 1. The highest BCUT2D eigenvalue weighted by atomic mass is 16.4. The van der Waals surface area contributed by atoms with Gasteiger partial charge in [0, 0.05) is 18.7 Å². The zero-order valence-corrected chi connectivity index (χ0v) is 10.8. The van der Waals surface area contributed by atoms with E-state index in [9.17, 15) is 4.79 Å². The Kier molecular flexibility index (Phi) is 3.50. The highest BCUT2D eigenvalue weighted by Crippen LogP contribution is 2.28. The van der Waals surface area contributed by atoms with Gasteiger partial charge in [-0.05, 0) is 36.3 Å². The maximum atomic E-state index is 10.5. The molecule has 8 heteroatoms. The van der Waals surface area contributed by atoms with Crippen LogP contribution in [-0.4, -0.2) is 37.7 Å². The van der Waals surface area contributed by atoms with Gasteiger partial charge in [-0.3, -0.25) is 4.79 Å². The number of aryl methyl sites for hydroxylation is 1. The van der Waals surface area contributed by atoms with Gasteiger partial charge in [0.05, 0.1) is 5.69 Å². The van der Waals surface area contributed by atoms with Crippen molar-refractivity contribution < 1.29 is 9.90 Å². The molecular formula is C11H16N6O2. The number of pyridine rings is 1. The number of carboxylic acid groups (broad SMARTS) is 1. The minimum Gasteiger partial charge on any atom is -0.481 e. The third kappa shape index (κ3) is 2.42. The van der Waals surface area contributed by atoms with Crippen molar-refractivity contribution >= 4 is 23.0 Å². The first kappa shape index (κ1) is 13.1. The molecule has 0 bridgehead atoms. The van der Waals surface area contributed by atoms with Gasteiger partial charge < -0.3 is 16.2 Å². The van der Waals surface area contributed by atoms with Crippen molar-refractivity contribution in [3.8, 4) is 0 Å². The fourth-order valence-electron chi connectivity index (χ4n) is 1.92. The first-order valence-electron chi connectivity index (χ1n) is 5.94. The molecule has 0 amide bonds. The molecule has 0 spiro atoms. The lowest BCUT2D eigenvalue weighted by atomic mass is 10.1. The number of aromatic nitrogens is 4. The number of rotatable bonds is 5. The van der Waals surface area contributed by atoms with Gasteiger partial charge in [-0.2, -0.15) is 4.52 Å². The smallest absolute Gasteiger partial charge is 0.303 e. The normalized spacial score (nSPS) is 10.8. The van der Waals surface area contributed by atoms with E-state index < -0.39 is 5.97 Å². The molecule has 0 aliphatic heterocycles. The minimum absolute atomic E-state index is 0.125. The van der Waals surface area contributed by atoms with E-state index in [2.05, 4.69) is 20.8 Å². The Balaban J connectivity index is 2.24.